The molecule has 0 spiro atoms. The number of nitrogens with zero attached hydrogens (tertiary/aromatic N) is 3. The largest absolute Gasteiger partial charge is 0.493 e. The summed E-state index contributed by atoms with van der Waals surface area (Å²) >= 11 is 0. The average Bonchev–Trinajstić information content (AvgIpc) is 3.15. The molecule has 3 aromatic rings. The molecule has 0 N–H and O–H groups in total. The van der Waals surface area contributed by atoms with E-state index in [1.54, 1.807) is 20.3 Å². The van der Waals surface area contributed by atoms with Crippen molar-refractivity contribution < 1.29 is 18.4 Å². The molecule has 1 aromatic heterocycles. The van der Waals surface area contributed by atoms with Crippen molar-refractivity contribution in [1.82, 2.24) is 10.1 Å². The second-order valence-electron chi connectivity index (χ2n) is 7.74. The van der Waals surface area contributed by atoms with Crippen LogP contribution in [-0.2, 0) is 6.42 Å². The van der Waals surface area contributed by atoms with Gasteiger partial charge in [0, 0.05) is 44.7 Å². The van der Waals surface area contributed by atoms with E-state index in [4.69, 9.17) is 14.0 Å². The number of halogens is 1. The Morgan fingerprint density at radius 1 is 1.07 bits per heavy atom. The van der Waals surface area contributed by atoms with Crippen LogP contribution in [0.4, 0.5) is 10.2 Å². The predicted molar refractivity (Wildman–Crippen MR) is 109 cm³/mol. The molecular weight excluding hydrogens is 373 g/mol. The lowest BCUT2D eigenvalue weighted by Gasteiger charge is -2.39. The fraction of sp³-hybridized carbons (Fsp3) is 0.409. The fourth-order valence-corrected chi connectivity index (χ4v) is 4.48. The summed E-state index contributed by atoms with van der Waals surface area (Å²) < 4.78 is 29.5. The summed E-state index contributed by atoms with van der Waals surface area (Å²) in [5, 5.41) is 5.05. The molecule has 0 unspecified atom stereocenters. The van der Waals surface area contributed by atoms with E-state index in [1.807, 2.05) is 0 Å². The van der Waals surface area contributed by atoms with Gasteiger partial charge in [0.25, 0.3) is 0 Å². The summed E-state index contributed by atoms with van der Waals surface area (Å²) in [6.45, 7) is 4.74. The van der Waals surface area contributed by atoms with Crippen molar-refractivity contribution in [2.24, 2.45) is 0 Å². The van der Waals surface area contributed by atoms with E-state index in [-0.39, 0.29) is 5.82 Å². The first-order valence-corrected chi connectivity index (χ1v) is 9.93. The number of ether oxygens (including phenoxy) is 2. The molecule has 29 heavy (non-hydrogen) atoms. The zero-order valence-corrected chi connectivity index (χ0v) is 16.7. The van der Waals surface area contributed by atoms with Crippen molar-refractivity contribution in [3.8, 4) is 11.5 Å². The van der Waals surface area contributed by atoms with Crippen molar-refractivity contribution in [3.63, 3.8) is 0 Å². The molecule has 2 aliphatic rings. The third-order valence-corrected chi connectivity index (χ3v) is 6.12. The topological polar surface area (TPSA) is 51.0 Å². The van der Waals surface area contributed by atoms with E-state index < -0.39 is 0 Å². The molecule has 0 amide bonds. The molecule has 0 radical (unpaired) electrons. The minimum absolute atomic E-state index is 0.306. The van der Waals surface area contributed by atoms with Crippen LogP contribution in [0.5, 0.6) is 11.5 Å². The van der Waals surface area contributed by atoms with Crippen LogP contribution in [0.25, 0.3) is 11.0 Å². The number of methoxy groups -OCH3 is 2. The minimum atomic E-state index is -0.306. The summed E-state index contributed by atoms with van der Waals surface area (Å²) in [5.41, 5.74) is 3.22. The Balaban J connectivity index is 1.23. The number of fused-ring (bicyclic) bond motifs is 2. The first-order valence-electron chi connectivity index (χ1n) is 9.93. The summed E-state index contributed by atoms with van der Waals surface area (Å²) in [4.78, 5) is 4.73. The molecule has 1 fully saturated rings. The second-order valence-corrected chi connectivity index (χ2v) is 7.74. The second kappa shape index (κ2) is 7.22. The molecule has 152 valence electrons. The fourth-order valence-electron chi connectivity index (χ4n) is 4.48. The molecule has 2 heterocycles. The van der Waals surface area contributed by atoms with Crippen molar-refractivity contribution >= 4 is 16.8 Å². The molecule has 1 aliphatic carbocycles. The molecule has 6 nitrogen and oxygen atoms in total. The van der Waals surface area contributed by atoms with Gasteiger partial charge in [0.15, 0.2) is 22.9 Å². The van der Waals surface area contributed by atoms with Gasteiger partial charge in [-0.1, -0.05) is 5.16 Å². The van der Waals surface area contributed by atoms with Gasteiger partial charge in [-0.05, 0) is 41.8 Å². The Hall–Kier alpha value is -2.80. The lowest BCUT2D eigenvalue weighted by Crippen LogP contribution is -2.48. The van der Waals surface area contributed by atoms with Crippen LogP contribution in [0.3, 0.4) is 0 Å². The Kier molecular flexibility index (Phi) is 4.54. The molecule has 1 saturated heterocycles. The standard InChI is InChI=1S/C22H24FN3O3/c1-27-20-10-14-9-15(18(14)12-21(20)28-2)13-25-5-7-26(8-6-25)22-17-4-3-16(23)11-19(17)29-24-22/h3-4,10-12,15H,5-9,13H2,1-2H3/t15-/m0/s1. The van der Waals surface area contributed by atoms with Crippen LogP contribution in [-0.4, -0.2) is 57.0 Å². The van der Waals surface area contributed by atoms with Gasteiger partial charge >= 0.3 is 0 Å². The highest BCUT2D eigenvalue weighted by Gasteiger charge is 2.31. The van der Waals surface area contributed by atoms with E-state index >= 15 is 0 Å². The number of hydrogen-bond acceptors (Lipinski definition) is 6. The summed E-state index contributed by atoms with van der Waals surface area (Å²) in [6, 6.07) is 8.81. The van der Waals surface area contributed by atoms with Gasteiger partial charge in [0.2, 0.25) is 0 Å². The van der Waals surface area contributed by atoms with Gasteiger partial charge in [-0.2, -0.15) is 0 Å². The van der Waals surface area contributed by atoms with Crippen LogP contribution in [0.1, 0.15) is 17.0 Å². The number of hydrogen-bond donors (Lipinski definition) is 0. The lowest BCUT2D eigenvalue weighted by atomic mass is 9.77. The number of aromatic nitrogens is 1. The van der Waals surface area contributed by atoms with Gasteiger partial charge in [-0.25, -0.2) is 4.39 Å². The summed E-state index contributed by atoms with van der Waals surface area (Å²) in [7, 11) is 3.35. The maximum Gasteiger partial charge on any atom is 0.180 e. The Bertz CT molecular complexity index is 1040. The van der Waals surface area contributed by atoms with Crippen molar-refractivity contribution in [2.45, 2.75) is 12.3 Å². The van der Waals surface area contributed by atoms with Crippen LogP contribution in [0.15, 0.2) is 34.9 Å². The smallest absolute Gasteiger partial charge is 0.180 e. The third kappa shape index (κ3) is 3.19. The molecule has 1 atom stereocenters. The van der Waals surface area contributed by atoms with Gasteiger partial charge in [-0.15, -0.1) is 0 Å². The Labute approximate surface area is 168 Å². The highest BCUT2D eigenvalue weighted by atomic mass is 19.1. The van der Waals surface area contributed by atoms with Gasteiger partial charge in [0.05, 0.1) is 19.6 Å². The number of piperazine rings is 1. The Morgan fingerprint density at radius 2 is 1.83 bits per heavy atom. The lowest BCUT2D eigenvalue weighted by molar-refractivity contribution is 0.233. The zero-order chi connectivity index (χ0) is 20.0. The number of rotatable bonds is 5. The van der Waals surface area contributed by atoms with E-state index in [9.17, 15) is 4.39 Å². The molecule has 0 saturated carbocycles. The molecular formula is C22H24FN3O3. The molecule has 1 aliphatic heterocycles. The van der Waals surface area contributed by atoms with Crippen molar-refractivity contribution in [3.05, 3.63) is 47.3 Å². The van der Waals surface area contributed by atoms with Gasteiger partial charge in [-0.3, -0.25) is 4.90 Å². The van der Waals surface area contributed by atoms with E-state index in [2.05, 4.69) is 27.1 Å². The first kappa shape index (κ1) is 18.2. The van der Waals surface area contributed by atoms with E-state index in [0.29, 0.717) is 11.5 Å². The molecule has 0 bridgehead atoms. The number of benzene rings is 2. The maximum absolute atomic E-state index is 13.4. The minimum Gasteiger partial charge on any atom is -0.493 e. The maximum atomic E-state index is 13.4. The number of anilines is 1. The van der Waals surface area contributed by atoms with Crippen molar-refractivity contribution in [1.29, 1.82) is 0 Å². The SMILES string of the molecule is COc1cc2c(cc1OC)[C@H](CN1CCN(c3noc4cc(F)ccc34)CC1)C2. The summed E-state index contributed by atoms with van der Waals surface area (Å²) in [6.07, 6.45) is 1.08. The quantitative estimate of drug-likeness (QED) is 0.657. The third-order valence-electron chi connectivity index (χ3n) is 6.12. The molecule has 5 rings (SSSR count). The van der Waals surface area contributed by atoms with Crippen LogP contribution in [0.2, 0.25) is 0 Å². The first-order chi connectivity index (χ1) is 14.2. The van der Waals surface area contributed by atoms with Crippen molar-refractivity contribution in [2.75, 3.05) is 51.8 Å². The predicted octanol–water partition coefficient (Wildman–Crippen LogP) is 3.45. The zero-order valence-electron chi connectivity index (χ0n) is 16.7. The monoisotopic (exact) mass is 397 g/mol. The molecule has 2 aromatic carbocycles. The van der Waals surface area contributed by atoms with Crippen LogP contribution < -0.4 is 14.4 Å². The van der Waals surface area contributed by atoms with E-state index in [0.717, 1.165) is 61.8 Å². The highest BCUT2D eigenvalue weighted by molar-refractivity contribution is 5.88. The molecule has 7 heteroatoms. The Morgan fingerprint density at radius 3 is 2.59 bits per heavy atom. The highest BCUT2D eigenvalue weighted by Crippen LogP contribution is 2.42. The van der Waals surface area contributed by atoms with E-state index in [1.165, 1.54) is 23.3 Å². The summed E-state index contributed by atoms with van der Waals surface area (Å²) in [5.74, 6) is 2.64. The van der Waals surface area contributed by atoms with Gasteiger partial charge < -0.3 is 18.9 Å². The normalized spacial score (nSPS) is 19.1. The van der Waals surface area contributed by atoms with Gasteiger partial charge in [0.1, 0.15) is 5.82 Å². The average molecular weight is 397 g/mol. The van der Waals surface area contributed by atoms with Crippen LogP contribution >= 0.6 is 0 Å². The van der Waals surface area contributed by atoms with Crippen LogP contribution in [0, 0.1) is 5.82 Å².